The summed E-state index contributed by atoms with van der Waals surface area (Å²) in [6.07, 6.45) is 2.28. The Morgan fingerprint density at radius 2 is 2.10 bits per heavy atom. The number of halogens is 1. The Morgan fingerprint density at radius 3 is 2.81 bits per heavy atom. The summed E-state index contributed by atoms with van der Waals surface area (Å²) in [5.41, 5.74) is 1.07. The van der Waals surface area contributed by atoms with E-state index in [1.165, 1.54) is 11.3 Å². The van der Waals surface area contributed by atoms with Gasteiger partial charge in [0.25, 0.3) is 5.91 Å². The monoisotopic (exact) mass is 321 g/mol. The van der Waals surface area contributed by atoms with Gasteiger partial charge in [-0.25, -0.2) is 0 Å². The van der Waals surface area contributed by atoms with Crippen LogP contribution in [-0.4, -0.2) is 25.2 Å². The van der Waals surface area contributed by atoms with E-state index < -0.39 is 0 Å². The zero-order valence-electron chi connectivity index (χ0n) is 11.5. The van der Waals surface area contributed by atoms with Gasteiger partial charge in [0.05, 0.1) is 11.0 Å². The molecule has 1 aliphatic rings. The summed E-state index contributed by atoms with van der Waals surface area (Å²) in [7, 11) is 0. The van der Waals surface area contributed by atoms with Crippen LogP contribution in [0.4, 0.5) is 0 Å². The number of carbonyl (C=O) groups is 1. The molecule has 1 aromatic carbocycles. The predicted molar refractivity (Wildman–Crippen MR) is 86.1 cm³/mol. The Morgan fingerprint density at radius 1 is 1.29 bits per heavy atom. The van der Waals surface area contributed by atoms with Crippen LogP contribution < -0.4 is 5.32 Å². The fourth-order valence-corrected chi connectivity index (χ4v) is 3.38. The molecule has 0 aliphatic carbocycles. The molecule has 1 aliphatic heterocycles. The predicted octanol–water partition coefficient (Wildman–Crippen LogP) is 3.98. The fourth-order valence-electron chi connectivity index (χ4n) is 2.33. The Balaban J connectivity index is 1.63. The molecule has 5 heteroatoms. The highest BCUT2D eigenvalue weighted by Gasteiger charge is 2.17. The Labute approximate surface area is 132 Å². The van der Waals surface area contributed by atoms with Crippen molar-refractivity contribution in [2.45, 2.75) is 18.9 Å². The van der Waals surface area contributed by atoms with Crippen LogP contribution >= 0.6 is 22.9 Å². The van der Waals surface area contributed by atoms with Crippen molar-refractivity contribution < 1.29 is 9.53 Å². The molecular weight excluding hydrogens is 306 g/mol. The molecule has 110 valence electrons. The van der Waals surface area contributed by atoms with Crippen molar-refractivity contribution in [3.05, 3.63) is 46.3 Å². The normalized spacial score (nSPS) is 17.9. The summed E-state index contributed by atoms with van der Waals surface area (Å²) >= 11 is 7.37. The minimum atomic E-state index is -0.0317. The second-order valence-corrected chi connectivity index (χ2v) is 6.54. The van der Waals surface area contributed by atoms with E-state index in [-0.39, 0.29) is 12.0 Å². The van der Waals surface area contributed by atoms with Crippen molar-refractivity contribution in [2.75, 3.05) is 13.2 Å². The van der Waals surface area contributed by atoms with Gasteiger partial charge in [0.2, 0.25) is 0 Å². The van der Waals surface area contributed by atoms with E-state index in [1.807, 2.05) is 36.4 Å². The van der Waals surface area contributed by atoms with Crippen molar-refractivity contribution >= 4 is 28.8 Å². The highest BCUT2D eigenvalue weighted by atomic mass is 35.5. The molecule has 1 amide bonds. The first kappa shape index (κ1) is 14.6. The molecule has 0 saturated carbocycles. The summed E-state index contributed by atoms with van der Waals surface area (Å²) < 4.78 is 5.50. The molecule has 1 saturated heterocycles. The lowest BCUT2D eigenvalue weighted by Gasteiger charge is -2.09. The summed E-state index contributed by atoms with van der Waals surface area (Å²) in [4.78, 5) is 13.9. The van der Waals surface area contributed by atoms with Crippen LogP contribution in [0.1, 0.15) is 22.5 Å². The fraction of sp³-hybridized carbons (Fsp3) is 0.312. The van der Waals surface area contributed by atoms with Gasteiger partial charge in [-0.05, 0) is 42.7 Å². The van der Waals surface area contributed by atoms with Gasteiger partial charge in [0.15, 0.2) is 0 Å². The zero-order chi connectivity index (χ0) is 14.7. The molecule has 0 spiro atoms. The van der Waals surface area contributed by atoms with Gasteiger partial charge in [0.1, 0.15) is 0 Å². The highest BCUT2D eigenvalue weighted by molar-refractivity contribution is 7.17. The standard InChI is InChI=1S/C16H16ClNO2S/c17-12-5-3-11(4-6-12)14-7-8-15(21-14)16(19)18-10-13-2-1-9-20-13/h3-8,13H,1-2,9-10H2,(H,18,19)/t13-/m0/s1. The van der Waals surface area contributed by atoms with E-state index >= 15 is 0 Å². The van der Waals surface area contributed by atoms with Gasteiger partial charge in [-0.1, -0.05) is 23.7 Å². The molecule has 3 rings (SSSR count). The van der Waals surface area contributed by atoms with Crippen LogP contribution in [0.5, 0.6) is 0 Å². The number of benzene rings is 1. The van der Waals surface area contributed by atoms with E-state index in [4.69, 9.17) is 16.3 Å². The Bertz CT molecular complexity index is 617. The van der Waals surface area contributed by atoms with E-state index in [0.29, 0.717) is 11.6 Å². The molecule has 2 heterocycles. The molecule has 0 bridgehead atoms. The summed E-state index contributed by atoms with van der Waals surface area (Å²) in [6.45, 7) is 1.40. The maximum absolute atomic E-state index is 12.1. The molecule has 1 atom stereocenters. The van der Waals surface area contributed by atoms with E-state index in [1.54, 1.807) is 0 Å². The van der Waals surface area contributed by atoms with Crippen molar-refractivity contribution in [1.82, 2.24) is 5.32 Å². The number of hydrogen-bond acceptors (Lipinski definition) is 3. The Hall–Kier alpha value is -1.36. The third-order valence-corrected chi connectivity index (χ3v) is 4.86. The van der Waals surface area contributed by atoms with E-state index in [2.05, 4.69) is 5.32 Å². The maximum Gasteiger partial charge on any atom is 0.261 e. The summed E-state index contributed by atoms with van der Waals surface area (Å²) in [5.74, 6) is -0.0317. The number of nitrogens with one attached hydrogen (secondary N) is 1. The van der Waals surface area contributed by atoms with Gasteiger partial charge < -0.3 is 10.1 Å². The number of rotatable bonds is 4. The average Bonchev–Trinajstić information content (AvgIpc) is 3.17. The van der Waals surface area contributed by atoms with Gasteiger partial charge in [0, 0.05) is 23.1 Å². The molecule has 0 unspecified atom stereocenters. The SMILES string of the molecule is O=C(NC[C@@H]1CCCO1)c1ccc(-c2ccc(Cl)cc2)s1. The van der Waals surface area contributed by atoms with Crippen LogP contribution in [0, 0.1) is 0 Å². The van der Waals surface area contributed by atoms with Gasteiger partial charge in [-0.2, -0.15) is 0 Å². The van der Waals surface area contributed by atoms with Crippen molar-refractivity contribution in [2.24, 2.45) is 0 Å². The minimum Gasteiger partial charge on any atom is -0.376 e. The zero-order valence-corrected chi connectivity index (χ0v) is 13.0. The van der Waals surface area contributed by atoms with E-state index in [9.17, 15) is 4.79 Å². The van der Waals surface area contributed by atoms with Crippen LogP contribution in [0.25, 0.3) is 10.4 Å². The molecule has 3 nitrogen and oxygen atoms in total. The highest BCUT2D eigenvalue weighted by Crippen LogP contribution is 2.29. The molecule has 0 radical (unpaired) electrons. The summed E-state index contributed by atoms with van der Waals surface area (Å²) in [6, 6.07) is 11.5. The lowest BCUT2D eigenvalue weighted by atomic mass is 10.2. The number of thiophene rings is 1. The van der Waals surface area contributed by atoms with Crippen LogP contribution in [0.15, 0.2) is 36.4 Å². The number of amides is 1. The van der Waals surface area contributed by atoms with E-state index in [0.717, 1.165) is 34.8 Å². The smallest absolute Gasteiger partial charge is 0.261 e. The lowest BCUT2D eigenvalue weighted by molar-refractivity contribution is 0.0861. The van der Waals surface area contributed by atoms with Crippen LogP contribution in [0.3, 0.4) is 0 Å². The largest absolute Gasteiger partial charge is 0.376 e. The van der Waals surface area contributed by atoms with Gasteiger partial charge in [-0.15, -0.1) is 11.3 Å². The molecule has 2 aromatic rings. The average molecular weight is 322 g/mol. The topological polar surface area (TPSA) is 38.3 Å². The van der Waals surface area contributed by atoms with Crippen LogP contribution in [-0.2, 0) is 4.74 Å². The first-order valence-electron chi connectivity index (χ1n) is 6.98. The first-order valence-corrected chi connectivity index (χ1v) is 8.17. The quantitative estimate of drug-likeness (QED) is 0.925. The van der Waals surface area contributed by atoms with Gasteiger partial charge >= 0.3 is 0 Å². The maximum atomic E-state index is 12.1. The number of hydrogen-bond donors (Lipinski definition) is 1. The molecule has 1 fully saturated rings. The third kappa shape index (κ3) is 3.64. The lowest BCUT2D eigenvalue weighted by Crippen LogP contribution is -2.31. The first-order chi connectivity index (χ1) is 10.2. The minimum absolute atomic E-state index is 0.0317. The van der Waals surface area contributed by atoms with Crippen molar-refractivity contribution in [1.29, 1.82) is 0 Å². The second kappa shape index (κ2) is 6.60. The van der Waals surface area contributed by atoms with Crippen LogP contribution in [0.2, 0.25) is 5.02 Å². The molecule has 1 aromatic heterocycles. The van der Waals surface area contributed by atoms with Crippen molar-refractivity contribution in [3.63, 3.8) is 0 Å². The summed E-state index contributed by atoms with van der Waals surface area (Å²) in [5, 5.41) is 3.65. The molecule has 21 heavy (non-hydrogen) atoms. The van der Waals surface area contributed by atoms with Crippen molar-refractivity contribution in [3.8, 4) is 10.4 Å². The number of ether oxygens (including phenoxy) is 1. The molecular formula is C16H16ClNO2S. The second-order valence-electron chi connectivity index (χ2n) is 5.02. The number of carbonyl (C=O) groups excluding carboxylic acids is 1. The third-order valence-electron chi connectivity index (χ3n) is 3.47. The molecule has 1 N–H and O–H groups in total. The van der Waals surface area contributed by atoms with Gasteiger partial charge in [-0.3, -0.25) is 4.79 Å². The Kier molecular flexibility index (Phi) is 4.58.